The van der Waals surface area contributed by atoms with Crippen LogP contribution < -0.4 is 10.6 Å². The standard InChI is InChI=1S/C17H19F3N4O2.ClH/c18-17(19,20)15(24-8-6-21-7-9-24)11-22-16(25)13-10-14(26-23-13)12-4-2-1-3-5-12;/h1-5,10,15,21H,6-9,11H2,(H,22,25);1H. The first-order chi connectivity index (χ1) is 12.4. The van der Waals surface area contributed by atoms with Gasteiger partial charge in [0.15, 0.2) is 11.5 Å². The largest absolute Gasteiger partial charge is 0.405 e. The number of carbonyl (C=O) groups excluding carboxylic acids is 1. The lowest BCUT2D eigenvalue weighted by Gasteiger charge is -2.35. The number of hydrogen-bond acceptors (Lipinski definition) is 5. The highest BCUT2D eigenvalue weighted by Crippen LogP contribution is 2.25. The first kappa shape index (κ1) is 21.2. The van der Waals surface area contributed by atoms with E-state index in [1.165, 1.54) is 11.0 Å². The SMILES string of the molecule is Cl.O=C(NCC(N1CCNCC1)C(F)(F)F)c1cc(-c2ccccc2)on1. The Labute approximate surface area is 160 Å². The van der Waals surface area contributed by atoms with Crippen LogP contribution in [0.3, 0.4) is 0 Å². The van der Waals surface area contributed by atoms with E-state index in [-0.39, 0.29) is 31.2 Å². The highest BCUT2D eigenvalue weighted by molar-refractivity contribution is 5.93. The van der Waals surface area contributed by atoms with Crippen LogP contribution >= 0.6 is 12.4 Å². The Morgan fingerprint density at radius 2 is 1.93 bits per heavy atom. The Bertz CT molecular complexity index is 733. The third-order valence-corrected chi connectivity index (χ3v) is 4.23. The predicted octanol–water partition coefficient (Wildman–Crippen LogP) is 2.33. The van der Waals surface area contributed by atoms with Crippen LogP contribution in [0.25, 0.3) is 11.3 Å². The smallest absolute Gasteiger partial charge is 0.355 e. The van der Waals surface area contributed by atoms with Crippen molar-refractivity contribution in [3.63, 3.8) is 0 Å². The summed E-state index contributed by atoms with van der Waals surface area (Å²) >= 11 is 0. The molecular formula is C17H20ClF3N4O2. The Morgan fingerprint density at radius 1 is 1.26 bits per heavy atom. The van der Waals surface area contributed by atoms with E-state index in [1.807, 2.05) is 6.07 Å². The van der Waals surface area contributed by atoms with Gasteiger partial charge in [0.1, 0.15) is 6.04 Å². The summed E-state index contributed by atoms with van der Waals surface area (Å²) in [5, 5.41) is 8.99. The molecule has 1 saturated heterocycles. The van der Waals surface area contributed by atoms with E-state index in [1.54, 1.807) is 24.3 Å². The molecule has 1 aliphatic heterocycles. The van der Waals surface area contributed by atoms with Crippen molar-refractivity contribution in [3.05, 3.63) is 42.1 Å². The van der Waals surface area contributed by atoms with Gasteiger partial charge in [0.2, 0.25) is 0 Å². The molecule has 1 amide bonds. The number of hydrogen-bond donors (Lipinski definition) is 2. The summed E-state index contributed by atoms with van der Waals surface area (Å²) in [5.41, 5.74) is 0.679. The molecule has 148 valence electrons. The molecule has 1 aliphatic rings. The normalized spacial score (nSPS) is 16.4. The van der Waals surface area contributed by atoms with Crippen molar-refractivity contribution in [2.45, 2.75) is 12.2 Å². The third-order valence-electron chi connectivity index (χ3n) is 4.23. The first-order valence-corrected chi connectivity index (χ1v) is 8.27. The van der Waals surface area contributed by atoms with E-state index >= 15 is 0 Å². The van der Waals surface area contributed by atoms with E-state index in [2.05, 4.69) is 15.8 Å². The van der Waals surface area contributed by atoms with E-state index in [4.69, 9.17) is 4.52 Å². The summed E-state index contributed by atoms with van der Waals surface area (Å²) in [4.78, 5) is 13.5. The fraction of sp³-hybridized carbons (Fsp3) is 0.412. The lowest BCUT2D eigenvalue weighted by molar-refractivity contribution is -0.183. The van der Waals surface area contributed by atoms with Gasteiger partial charge in [-0.1, -0.05) is 35.5 Å². The number of nitrogens with zero attached hydrogens (tertiary/aromatic N) is 2. The minimum Gasteiger partial charge on any atom is -0.355 e. The molecule has 2 aromatic rings. The van der Waals surface area contributed by atoms with Crippen molar-refractivity contribution in [1.29, 1.82) is 0 Å². The second kappa shape index (κ2) is 9.20. The molecule has 1 unspecified atom stereocenters. The van der Waals surface area contributed by atoms with Crippen LogP contribution in [-0.2, 0) is 0 Å². The fourth-order valence-corrected chi connectivity index (χ4v) is 2.85. The number of nitrogens with one attached hydrogen (secondary N) is 2. The van der Waals surface area contributed by atoms with Gasteiger partial charge in [-0.2, -0.15) is 13.2 Å². The molecule has 6 nitrogen and oxygen atoms in total. The average Bonchev–Trinajstić information content (AvgIpc) is 3.12. The minimum absolute atomic E-state index is 0. The zero-order chi connectivity index (χ0) is 18.6. The van der Waals surface area contributed by atoms with Gasteiger partial charge >= 0.3 is 6.18 Å². The maximum atomic E-state index is 13.3. The predicted molar refractivity (Wildman–Crippen MR) is 95.8 cm³/mol. The topological polar surface area (TPSA) is 70.4 Å². The highest BCUT2D eigenvalue weighted by Gasteiger charge is 2.43. The second-order valence-electron chi connectivity index (χ2n) is 6.00. The van der Waals surface area contributed by atoms with Gasteiger partial charge in [0, 0.05) is 44.4 Å². The van der Waals surface area contributed by atoms with Crippen molar-refractivity contribution in [2.24, 2.45) is 0 Å². The summed E-state index contributed by atoms with van der Waals surface area (Å²) in [6, 6.07) is 8.70. The van der Waals surface area contributed by atoms with Gasteiger partial charge in [-0.25, -0.2) is 0 Å². The quantitative estimate of drug-likeness (QED) is 0.800. The summed E-state index contributed by atoms with van der Waals surface area (Å²) in [5.74, 6) is -0.314. The number of alkyl halides is 3. The molecule has 0 spiro atoms. The summed E-state index contributed by atoms with van der Waals surface area (Å²) in [6.45, 7) is 1.01. The third kappa shape index (κ3) is 5.44. The fourth-order valence-electron chi connectivity index (χ4n) is 2.85. The first-order valence-electron chi connectivity index (χ1n) is 8.27. The Kier molecular flexibility index (Phi) is 7.23. The van der Waals surface area contributed by atoms with Crippen molar-refractivity contribution in [3.8, 4) is 11.3 Å². The molecule has 2 N–H and O–H groups in total. The summed E-state index contributed by atoms with van der Waals surface area (Å²) in [7, 11) is 0. The molecule has 2 heterocycles. The van der Waals surface area contributed by atoms with Gasteiger partial charge in [0.05, 0.1) is 0 Å². The van der Waals surface area contributed by atoms with E-state index in [9.17, 15) is 18.0 Å². The van der Waals surface area contributed by atoms with E-state index in [0.717, 1.165) is 5.56 Å². The van der Waals surface area contributed by atoms with Crippen molar-refractivity contribution in [1.82, 2.24) is 20.7 Å². The Morgan fingerprint density at radius 3 is 2.56 bits per heavy atom. The Balaban J connectivity index is 0.00000261. The van der Waals surface area contributed by atoms with E-state index in [0.29, 0.717) is 18.8 Å². The van der Waals surface area contributed by atoms with Crippen LogP contribution in [0, 0.1) is 0 Å². The summed E-state index contributed by atoms with van der Waals surface area (Å²) in [6.07, 6.45) is -4.43. The number of piperazine rings is 1. The molecule has 1 fully saturated rings. The van der Waals surface area contributed by atoms with Crippen molar-refractivity contribution in [2.75, 3.05) is 32.7 Å². The number of aromatic nitrogens is 1. The lowest BCUT2D eigenvalue weighted by atomic mass is 10.1. The molecular weight excluding hydrogens is 385 g/mol. The van der Waals surface area contributed by atoms with Crippen LogP contribution in [0.15, 0.2) is 40.9 Å². The molecule has 10 heteroatoms. The molecule has 0 bridgehead atoms. The van der Waals surface area contributed by atoms with Crippen LogP contribution in [0.5, 0.6) is 0 Å². The maximum Gasteiger partial charge on any atom is 0.405 e. The number of amides is 1. The molecule has 3 rings (SSSR count). The number of carbonyl (C=O) groups is 1. The molecule has 27 heavy (non-hydrogen) atoms. The molecule has 0 radical (unpaired) electrons. The number of benzene rings is 1. The lowest BCUT2D eigenvalue weighted by Crippen LogP contribution is -2.57. The highest BCUT2D eigenvalue weighted by atomic mass is 35.5. The molecule has 1 aromatic heterocycles. The molecule has 0 saturated carbocycles. The Hall–Kier alpha value is -2.10. The zero-order valence-electron chi connectivity index (χ0n) is 14.3. The van der Waals surface area contributed by atoms with Gasteiger partial charge in [-0.3, -0.25) is 9.69 Å². The molecule has 1 aromatic carbocycles. The number of rotatable bonds is 5. The number of halogens is 4. The molecule has 0 aliphatic carbocycles. The van der Waals surface area contributed by atoms with Crippen LogP contribution in [-0.4, -0.2) is 60.9 Å². The zero-order valence-corrected chi connectivity index (χ0v) is 15.1. The van der Waals surface area contributed by atoms with Crippen LogP contribution in [0.1, 0.15) is 10.5 Å². The van der Waals surface area contributed by atoms with E-state index < -0.39 is 24.7 Å². The van der Waals surface area contributed by atoms with Gasteiger partial charge in [0.25, 0.3) is 5.91 Å². The van der Waals surface area contributed by atoms with Crippen LogP contribution in [0.2, 0.25) is 0 Å². The van der Waals surface area contributed by atoms with Gasteiger partial charge in [-0.05, 0) is 0 Å². The van der Waals surface area contributed by atoms with Gasteiger partial charge < -0.3 is 15.2 Å². The average molecular weight is 405 g/mol. The van der Waals surface area contributed by atoms with Crippen molar-refractivity contribution >= 4 is 18.3 Å². The monoisotopic (exact) mass is 404 g/mol. The van der Waals surface area contributed by atoms with Crippen LogP contribution in [0.4, 0.5) is 13.2 Å². The summed E-state index contributed by atoms with van der Waals surface area (Å²) < 4.78 is 45.1. The molecule has 1 atom stereocenters. The maximum absolute atomic E-state index is 13.3. The minimum atomic E-state index is -4.43. The second-order valence-corrected chi connectivity index (χ2v) is 6.00. The van der Waals surface area contributed by atoms with Gasteiger partial charge in [-0.15, -0.1) is 12.4 Å². The van der Waals surface area contributed by atoms with Crippen molar-refractivity contribution < 1.29 is 22.5 Å².